The number of nitrogens with two attached hydrogens (primary N) is 1. The minimum Gasteiger partial charge on any atom is -0.379 e. The average molecular weight is 368 g/mol. The van der Waals surface area contributed by atoms with Gasteiger partial charge in [-0.15, -0.1) is 10.2 Å². The summed E-state index contributed by atoms with van der Waals surface area (Å²) in [6, 6.07) is 7.45. The van der Waals surface area contributed by atoms with Crippen LogP contribution in [0, 0.1) is 0 Å². The molecule has 1 aliphatic heterocycles. The minimum absolute atomic E-state index is 0.156. The van der Waals surface area contributed by atoms with Gasteiger partial charge in [0.05, 0.1) is 25.5 Å². The van der Waals surface area contributed by atoms with Crippen LogP contribution < -0.4 is 5.73 Å². The summed E-state index contributed by atoms with van der Waals surface area (Å²) in [5, 5.41) is 9.84. The Bertz CT molecular complexity index is 700. The molecule has 128 valence electrons. The van der Waals surface area contributed by atoms with E-state index in [1.807, 2.05) is 28.8 Å². The van der Waals surface area contributed by atoms with Crippen LogP contribution in [-0.4, -0.2) is 57.6 Å². The minimum atomic E-state index is -0.389. The van der Waals surface area contributed by atoms with Gasteiger partial charge in [0.25, 0.3) is 0 Å². The number of amides is 1. The first-order valence-corrected chi connectivity index (χ1v) is 8.91. The lowest BCUT2D eigenvalue weighted by molar-refractivity contribution is -0.115. The Morgan fingerprint density at radius 2 is 1.96 bits per heavy atom. The number of carbonyl (C=O) groups excluding carboxylic acids is 1. The Kier molecular flexibility index (Phi) is 5.72. The molecule has 2 N–H and O–H groups in total. The Morgan fingerprint density at radius 3 is 2.62 bits per heavy atom. The smallest absolute Gasteiger partial charge is 0.227 e. The molecular formula is C15H18ClN5O2S. The number of primary amides is 1. The van der Waals surface area contributed by atoms with Crippen molar-refractivity contribution in [2.24, 2.45) is 5.73 Å². The topological polar surface area (TPSA) is 86.3 Å². The summed E-state index contributed by atoms with van der Waals surface area (Å²) in [7, 11) is 0. The first kappa shape index (κ1) is 17.2. The summed E-state index contributed by atoms with van der Waals surface area (Å²) < 4.78 is 7.32. The maximum atomic E-state index is 11.1. The second-order valence-electron chi connectivity index (χ2n) is 5.35. The van der Waals surface area contributed by atoms with Crippen LogP contribution in [0.15, 0.2) is 29.4 Å². The van der Waals surface area contributed by atoms with Gasteiger partial charge in [-0.05, 0) is 24.3 Å². The zero-order valence-electron chi connectivity index (χ0n) is 13.0. The van der Waals surface area contributed by atoms with E-state index in [4.69, 9.17) is 22.1 Å². The predicted octanol–water partition coefficient (Wildman–Crippen LogP) is 1.33. The Hall–Kier alpha value is -1.61. The van der Waals surface area contributed by atoms with Crippen LogP contribution in [0.2, 0.25) is 5.02 Å². The fraction of sp³-hybridized carbons (Fsp3) is 0.400. The molecule has 1 aromatic carbocycles. The van der Waals surface area contributed by atoms with Crippen LogP contribution in [0.3, 0.4) is 0 Å². The number of hydrogen-bond donors (Lipinski definition) is 1. The molecule has 0 bridgehead atoms. The Labute approximate surface area is 149 Å². The van der Waals surface area contributed by atoms with Gasteiger partial charge in [-0.1, -0.05) is 23.4 Å². The molecule has 0 atom stereocenters. The van der Waals surface area contributed by atoms with Crippen molar-refractivity contribution in [3.8, 4) is 5.69 Å². The maximum absolute atomic E-state index is 11.1. The summed E-state index contributed by atoms with van der Waals surface area (Å²) in [6.45, 7) is 3.82. The molecule has 24 heavy (non-hydrogen) atoms. The van der Waals surface area contributed by atoms with E-state index in [1.165, 1.54) is 11.8 Å². The van der Waals surface area contributed by atoms with Gasteiger partial charge in [-0.25, -0.2) is 0 Å². The molecule has 1 aromatic heterocycles. The van der Waals surface area contributed by atoms with Crippen molar-refractivity contribution in [3.05, 3.63) is 35.1 Å². The molecule has 2 heterocycles. The zero-order chi connectivity index (χ0) is 16.9. The van der Waals surface area contributed by atoms with Crippen molar-refractivity contribution < 1.29 is 9.53 Å². The number of rotatable bonds is 6. The van der Waals surface area contributed by atoms with E-state index in [1.54, 1.807) is 0 Å². The highest BCUT2D eigenvalue weighted by Crippen LogP contribution is 2.24. The van der Waals surface area contributed by atoms with Crippen molar-refractivity contribution in [1.29, 1.82) is 0 Å². The third kappa shape index (κ3) is 4.27. The van der Waals surface area contributed by atoms with E-state index < -0.39 is 0 Å². The summed E-state index contributed by atoms with van der Waals surface area (Å²) in [5.41, 5.74) is 6.15. The highest BCUT2D eigenvalue weighted by atomic mass is 35.5. The number of benzene rings is 1. The highest BCUT2D eigenvalue weighted by Gasteiger charge is 2.19. The number of ether oxygens (including phenoxy) is 1. The van der Waals surface area contributed by atoms with Crippen LogP contribution >= 0.6 is 23.4 Å². The molecule has 1 aliphatic rings. The maximum Gasteiger partial charge on any atom is 0.227 e. The summed E-state index contributed by atoms with van der Waals surface area (Å²) >= 11 is 7.26. The van der Waals surface area contributed by atoms with Gasteiger partial charge in [0.15, 0.2) is 11.0 Å². The lowest BCUT2D eigenvalue weighted by Gasteiger charge is -2.26. The predicted molar refractivity (Wildman–Crippen MR) is 92.4 cm³/mol. The van der Waals surface area contributed by atoms with E-state index in [9.17, 15) is 4.79 Å². The fourth-order valence-corrected chi connectivity index (χ4v) is 3.28. The average Bonchev–Trinajstić information content (AvgIpc) is 2.97. The summed E-state index contributed by atoms with van der Waals surface area (Å²) in [5.74, 6) is 0.579. The molecule has 0 spiro atoms. The number of carbonyl (C=O) groups is 1. The molecular weight excluding hydrogens is 350 g/mol. The van der Waals surface area contributed by atoms with Crippen LogP contribution in [0.25, 0.3) is 5.69 Å². The number of thioether (sulfide) groups is 1. The van der Waals surface area contributed by atoms with Crippen LogP contribution in [0.5, 0.6) is 0 Å². The van der Waals surface area contributed by atoms with Gasteiger partial charge in [0, 0.05) is 23.8 Å². The van der Waals surface area contributed by atoms with Crippen LogP contribution in [0.4, 0.5) is 0 Å². The first-order valence-electron chi connectivity index (χ1n) is 7.55. The van der Waals surface area contributed by atoms with E-state index in [2.05, 4.69) is 15.1 Å². The molecule has 1 saturated heterocycles. The summed E-state index contributed by atoms with van der Waals surface area (Å²) in [4.78, 5) is 13.4. The molecule has 0 radical (unpaired) electrons. The van der Waals surface area contributed by atoms with Gasteiger partial charge in [-0.2, -0.15) is 0 Å². The van der Waals surface area contributed by atoms with Crippen LogP contribution in [0.1, 0.15) is 5.82 Å². The number of aromatic nitrogens is 3. The molecule has 0 unspecified atom stereocenters. The normalized spacial score (nSPS) is 15.5. The summed E-state index contributed by atoms with van der Waals surface area (Å²) in [6.07, 6.45) is 0. The Balaban J connectivity index is 1.89. The van der Waals surface area contributed by atoms with E-state index in [0.29, 0.717) is 16.7 Å². The molecule has 9 heteroatoms. The lowest BCUT2D eigenvalue weighted by Crippen LogP contribution is -2.36. The van der Waals surface area contributed by atoms with Gasteiger partial charge in [0.1, 0.15) is 0 Å². The molecule has 1 amide bonds. The van der Waals surface area contributed by atoms with Gasteiger partial charge in [0.2, 0.25) is 5.91 Å². The number of hydrogen-bond acceptors (Lipinski definition) is 6. The zero-order valence-corrected chi connectivity index (χ0v) is 14.6. The molecule has 3 rings (SSSR count). The standard InChI is InChI=1S/C15H18ClN5O2S/c16-11-1-3-12(4-2-11)21-14(9-20-5-7-23-8-6-20)18-19-15(21)24-10-13(17)22/h1-4H,5-10H2,(H2,17,22). The van der Waals surface area contributed by atoms with Crippen molar-refractivity contribution in [1.82, 2.24) is 19.7 Å². The molecule has 0 aliphatic carbocycles. The Morgan fingerprint density at radius 1 is 1.25 bits per heavy atom. The highest BCUT2D eigenvalue weighted by molar-refractivity contribution is 7.99. The van der Waals surface area contributed by atoms with Crippen molar-refractivity contribution in [2.45, 2.75) is 11.7 Å². The monoisotopic (exact) mass is 367 g/mol. The number of morpholine rings is 1. The fourth-order valence-electron chi connectivity index (χ4n) is 2.44. The second kappa shape index (κ2) is 7.98. The van der Waals surface area contributed by atoms with Crippen molar-refractivity contribution >= 4 is 29.3 Å². The third-order valence-corrected chi connectivity index (χ3v) is 4.80. The van der Waals surface area contributed by atoms with Gasteiger partial charge in [-0.3, -0.25) is 14.3 Å². The molecule has 0 saturated carbocycles. The largest absolute Gasteiger partial charge is 0.379 e. The quantitative estimate of drug-likeness (QED) is 0.775. The number of halogens is 1. The number of nitrogens with zero attached hydrogens (tertiary/aromatic N) is 4. The van der Waals surface area contributed by atoms with E-state index >= 15 is 0 Å². The van der Waals surface area contributed by atoms with E-state index in [-0.39, 0.29) is 11.7 Å². The lowest BCUT2D eigenvalue weighted by atomic mass is 10.3. The van der Waals surface area contributed by atoms with Crippen molar-refractivity contribution in [2.75, 3.05) is 32.1 Å². The van der Waals surface area contributed by atoms with Gasteiger partial charge < -0.3 is 10.5 Å². The molecule has 7 nitrogen and oxygen atoms in total. The van der Waals surface area contributed by atoms with Gasteiger partial charge >= 0.3 is 0 Å². The van der Waals surface area contributed by atoms with Crippen LogP contribution in [-0.2, 0) is 16.1 Å². The third-order valence-electron chi connectivity index (χ3n) is 3.60. The first-order chi connectivity index (χ1) is 11.6. The second-order valence-corrected chi connectivity index (χ2v) is 6.73. The van der Waals surface area contributed by atoms with Crippen molar-refractivity contribution in [3.63, 3.8) is 0 Å². The SMILES string of the molecule is NC(=O)CSc1nnc(CN2CCOCC2)n1-c1ccc(Cl)cc1. The molecule has 1 fully saturated rings. The van der Waals surface area contributed by atoms with E-state index in [0.717, 1.165) is 37.8 Å². The molecule has 2 aromatic rings.